The molecule has 2 amide bonds. The zero-order valence-electron chi connectivity index (χ0n) is 28.0. The fourth-order valence-electron chi connectivity index (χ4n) is 5.23. The van der Waals surface area contributed by atoms with Gasteiger partial charge in [0.25, 0.3) is 15.7 Å². The number of benzene rings is 4. The normalized spacial score (nSPS) is 12.4. The first kappa shape index (κ1) is 38.2. The lowest BCUT2D eigenvalue weighted by molar-refractivity contribution is -0.385. The number of nitrogens with zero attached hydrogens (tertiary/aromatic N) is 3. The van der Waals surface area contributed by atoms with Crippen molar-refractivity contribution >= 4 is 56.4 Å². The van der Waals surface area contributed by atoms with Crippen molar-refractivity contribution in [1.29, 1.82) is 0 Å². The Bertz CT molecular complexity index is 1940. The number of anilines is 1. The van der Waals surface area contributed by atoms with Gasteiger partial charge in [-0.25, -0.2) is 8.42 Å². The summed E-state index contributed by atoms with van der Waals surface area (Å²) in [6, 6.07) is 22.4. The molecule has 0 aliphatic carbocycles. The minimum absolute atomic E-state index is 0.0714. The number of nitro groups is 1. The Labute approximate surface area is 302 Å². The van der Waals surface area contributed by atoms with Crippen molar-refractivity contribution in [2.75, 3.05) is 18.0 Å². The fraction of sp³-hybridized carbons (Fsp3) is 0.278. The molecule has 264 valence electrons. The molecule has 11 nitrogen and oxygen atoms in total. The molecule has 0 unspecified atom stereocenters. The van der Waals surface area contributed by atoms with E-state index in [1.54, 1.807) is 24.3 Å². The van der Waals surface area contributed by atoms with Gasteiger partial charge in [-0.15, -0.1) is 0 Å². The molecule has 0 bridgehead atoms. The zero-order chi connectivity index (χ0) is 36.6. The lowest BCUT2D eigenvalue weighted by Gasteiger charge is -2.34. The molecule has 0 saturated carbocycles. The summed E-state index contributed by atoms with van der Waals surface area (Å²) in [5.74, 6) is -1.08. The second kappa shape index (κ2) is 16.8. The maximum Gasteiger partial charge on any atom is 0.273 e. The molecule has 4 aromatic rings. The van der Waals surface area contributed by atoms with E-state index >= 15 is 0 Å². The van der Waals surface area contributed by atoms with Crippen molar-refractivity contribution in [2.24, 2.45) is 0 Å². The Kier molecular flexibility index (Phi) is 12.9. The Balaban J connectivity index is 1.89. The van der Waals surface area contributed by atoms with E-state index in [4.69, 9.17) is 27.9 Å². The van der Waals surface area contributed by atoms with E-state index < -0.39 is 49.9 Å². The molecule has 14 heteroatoms. The SMILES string of the molecule is CC[C@@H](C)NC(=O)[C@H](Cc1ccccc1)N(Cc1ccc(Cl)cc1)C(=O)CN(c1cc(Cl)ccc1OC)S(=O)(=O)c1ccc(C)c([N+](=O)[O-])c1. The summed E-state index contributed by atoms with van der Waals surface area (Å²) in [7, 11) is -3.35. The number of carbonyl (C=O) groups is 2. The van der Waals surface area contributed by atoms with E-state index in [-0.39, 0.29) is 41.0 Å². The molecule has 2 atom stereocenters. The molecule has 0 spiro atoms. The van der Waals surface area contributed by atoms with Gasteiger partial charge in [0.05, 0.1) is 22.6 Å². The number of aryl methyl sites for hydroxylation is 1. The molecule has 4 aromatic carbocycles. The highest BCUT2D eigenvalue weighted by Crippen LogP contribution is 2.36. The van der Waals surface area contributed by atoms with Crippen LogP contribution in [0.25, 0.3) is 0 Å². The largest absolute Gasteiger partial charge is 0.495 e. The van der Waals surface area contributed by atoms with E-state index in [1.165, 1.54) is 49.3 Å². The van der Waals surface area contributed by atoms with Crippen LogP contribution in [0.15, 0.2) is 95.9 Å². The van der Waals surface area contributed by atoms with Crippen molar-refractivity contribution in [1.82, 2.24) is 10.2 Å². The van der Waals surface area contributed by atoms with Crippen LogP contribution in [0.5, 0.6) is 5.75 Å². The van der Waals surface area contributed by atoms with Crippen LogP contribution in [-0.4, -0.2) is 55.8 Å². The van der Waals surface area contributed by atoms with Gasteiger partial charge in [0, 0.05) is 40.7 Å². The molecule has 0 fully saturated rings. The van der Waals surface area contributed by atoms with E-state index in [0.717, 1.165) is 15.9 Å². The van der Waals surface area contributed by atoms with Crippen molar-refractivity contribution in [3.05, 3.63) is 128 Å². The highest BCUT2D eigenvalue weighted by molar-refractivity contribution is 7.92. The monoisotopic (exact) mass is 740 g/mol. The predicted molar refractivity (Wildman–Crippen MR) is 194 cm³/mol. The molecule has 0 aliphatic rings. The van der Waals surface area contributed by atoms with Crippen LogP contribution in [0.3, 0.4) is 0 Å². The molecular weight excluding hydrogens is 703 g/mol. The van der Waals surface area contributed by atoms with Crippen molar-refractivity contribution in [3.63, 3.8) is 0 Å². The van der Waals surface area contributed by atoms with Crippen LogP contribution in [0.2, 0.25) is 10.0 Å². The summed E-state index contributed by atoms with van der Waals surface area (Å²) in [4.78, 5) is 40.7. The third kappa shape index (κ3) is 9.32. The van der Waals surface area contributed by atoms with Gasteiger partial charge in [-0.1, -0.05) is 78.7 Å². The Hall–Kier alpha value is -4.65. The number of hydrogen-bond donors (Lipinski definition) is 1. The van der Waals surface area contributed by atoms with Crippen LogP contribution in [0, 0.1) is 17.0 Å². The topological polar surface area (TPSA) is 139 Å². The van der Waals surface area contributed by atoms with E-state index in [9.17, 15) is 28.1 Å². The number of hydrogen-bond acceptors (Lipinski definition) is 7. The van der Waals surface area contributed by atoms with Gasteiger partial charge in [0.2, 0.25) is 11.8 Å². The molecule has 0 heterocycles. The third-order valence-corrected chi connectivity index (χ3v) is 10.4. The second-order valence-electron chi connectivity index (χ2n) is 11.7. The van der Waals surface area contributed by atoms with Gasteiger partial charge < -0.3 is 15.0 Å². The standard InChI is InChI=1S/C36H38Cl2N4O7S/c1-5-25(3)39-36(44)33(19-26-9-7-6-8-10-26)40(22-27-12-14-28(37)15-13-27)35(43)23-41(32-20-29(38)16-18-34(32)49-4)50(47,48)30-17-11-24(2)31(21-30)42(45)46/h6-18,20-21,25,33H,5,19,22-23H2,1-4H3,(H,39,44)/t25-,33+/m1/s1. The Morgan fingerprint density at radius 3 is 2.22 bits per heavy atom. The van der Waals surface area contributed by atoms with E-state index in [2.05, 4.69) is 5.32 Å². The lowest BCUT2D eigenvalue weighted by Crippen LogP contribution is -2.54. The van der Waals surface area contributed by atoms with Gasteiger partial charge in [0.15, 0.2) is 0 Å². The van der Waals surface area contributed by atoms with E-state index in [1.807, 2.05) is 44.2 Å². The minimum Gasteiger partial charge on any atom is -0.495 e. The van der Waals surface area contributed by atoms with Gasteiger partial charge in [-0.3, -0.25) is 24.0 Å². The summed E-state index contributed by atoms with van der Waals surface area (Å²) < 4.78 is 35.2. The number of amides is 2. The molecular formula is C36H38Cl2N4O7S. The van der Waals surface area contributed by atoms with Gasteiger partial charge >= 0.3 is 0 Å². The summed E-state index contributed by atoms with van der Waals surface area (Å²) in [6.45, 7) is 4.38. The Morgan fingerprint density at radius 2 is 1.60 bits per heavy atom. The molecule has 0 radical (unpaired) electrons. The van der Waals surface area contributed by atoms with Crippen LogP contribution in [0.4, 0.5) is 11.4 Å². The molecule has 1 N–H and O–H groups in total. The molecule has 4 rings (SSSR count). The number of methoxy groups -OCH3 is 1. The molecule has 50 heavy (non-hydrogen) atoms. The first-order valence-electron chi connectivity index (χ1n) is 15.7. The molecule has 0 saturated heterocycles. The smallest absolute Gasteiger partial charge is 0.273 e. The number of ether oxygens (including phenoxy) is 1. The summed E-state index contributed by atoms with van der Waals surface area (Å²) in [6.07, 6.45) is 0.762. The lowest BCUT2D eigenvalue weighted by atomic mass is 10.0. The summed E-state index contributed by atoms with van der Waals surface area (Å²) in [5.41, 5.74) is 1.18. The predicted octanol–water partition coefficient (Wildman–Crippen LogP) is 6.97. The fourth-order valence-corrected chi connectivity index (χ4v) is 6.96. The van der Waals surface area contributed by atoms with Gasteiger partial charge in [0.1, 0.15) is 18.3 Å². The average molecular weight is 742 g/mol. The highest BCUT2D eigenvalue weighted by Gasteiger charge is 2.36. The Morgan fingerprint density at radius 1 is 0.940 bits per heavy atom. The number of nitrogens with one attached hydrogen (secondary N) is 1. The van der Waals surface area contributed by atoms with Gasteiger partial charge in [-0.2, -0.15) is 0 Å². The summed E-state index contributed by atoms with van der Waals surface area (Å²) >= 11 is 12.5. The summed E-state index contributed by atoms with van der Waals surface area (Å²) in [5, 5.41) is 15.4. The molecule has 0 aromatic heterocycles. The number of halogens is 2. The van der Waals surface area contributed by atoms with Crippen LogP contribution in [-0.2, 0) is 32.6 Å². The van der Waals surface area contributed by atoms with Crippen LogP contribution >= 0.6 is 23.2 Å². The number of rotatable bonds is 15. The maximum absolute atomic E-state index is 14.7. The van der Waals surface area contributed by atoms with Crippen LogP contribution < -0.4 is 14.4 Å². The average Bonchev–Trinajstić information content (AvgIpc) is 3.09. The number of nitro benzene ring substituents is 1. The third-order valence-electron chi connectivity index (χ3n) is 8.19. The zero-order valence-corrected chi connectivity index (χ0v) is 30.3. The number of sulfonamides is 1. The number of carbonyl (C=O) groups excluding carboxylic acids is 2. The first-order chi connectivity index (χ1) is 23.7. The quantitative estimate of drug-likeness (QED) is 0.103. The maximum atomic E-state index is 14.7. The highest BCUT2D eigenvalue weighted by atomic mass is 35.5. The first-order valence-corrected chi connectivity index (χ1v) is 17.9. The van der Waals surface area contributed by atoms with E-state index in [0.29, 0.717) is 17.0 Å². The minimum atomic E-state index is -4.69. The second-order valence-corrected chi connectivity index (χ2v) is 14.4. The van der Waals surface area contributed by atoms with Crippen molar-refractivity contribution < 1.29 is 27.7 Å². The van der Waals surface area contributed by atoms with Crippen molar-refractivity contribution in [2.45, 2.75) is 57.1 Å². The molecule has 0 aliphatic heterocycles. The van der Waals surface area contributed by atoms with Gasteiger partial charge in [-0.05, 0) is 67.8 Å². The van der Waals surface area contributed by atoms with Crippen LogP contribution in [0.1, 0.15) is 37.0 Å². The van der Waals surface area contributed by atoms with Crippen molar-refractivity contribution in [3.8, 4) is 5.75 Å².